The molecule has 14 heavy (non-hydrogen) atoms. The first-order chi connectivity index (χ1) is 6.50. The van der Waals surface area contributed by atoms with Gasteiger partial charge >= 0.3 is 0 Å². The predicted molar refractivity (Wildman–Crippen MR) is 55.0 cm³/mol. The Balaban J connectivity index is 2.57. The number of carbonyl (C=O) groups is 1. The molecule has 78 valence electrons. The number of rotatable bonds is 3. The molecule has 0 aliphatic rings. The van der Waals surface area contributed by atoms with E-state index in [1.807, 2.05) is 20.2 Å². The fraction of sp³-hybridized carbons (Fsp3) is 0.556. The first-order valence-electron chi connectivity index (χ1n) is 4.47. The standard InChI is InChI=1S/C9H16N4O/c1-7(9(14)12(2)3)11-8-5-10-13(4)6-8/h5-7,11H,1-4H3. The van der Waals surface area contributed by atoms with Gasteiger partial charge in [-0.2, -0.15) is 5.10 Å². The van der Waals surface area contributed by atoms with E-state index in [1.165, 1.54) is 0 Å². The molecule has 0 aliphatic carbocycles. The topological polar surface area (TPSA) is 50.2 Å². The largest absolute Gasteiger partial charge is 0.371 e. The lowest BCUT2D eigenvalue weighted by molar-refractivity contribution is -0.129. The van der Waals surface area contributed by atoms with Crippen LogP contribution in [0.3, 0.4) is 0 Å². The van der Waals surface area contributed by atoms with Crippen molar-refractivity contribution in [1.29, 1.82) is 0 Å². The van der Waals surface area contributed by atoms with Crippen molar-refractivity contribution in [2.75, 3.05) is 19.4 Å². The second-order valence-corrected chi connectivity index (χ2v) is 3.50. The molecule has 1 unspecified atom stereocenters. The first-order valence-corrected chi connectivity index (χ1v) is 4.47. The molecule has 0 saturated carbocycles. The lowest BCUT2D eigenvalue weighted by Gasteiger charge is -2.17. The summed E-state index contributed by atoms with van der Waals surface area (Å²) in [5.74, 6) is 0.0499. The van der Waals surface area contributed by atoms with Gasteiger partial charge in [0, 0.05) is 27.3 Å². The first kappa shape index (κ1) is 10.6. The number of likely N-dealkylation sites (N-methyl/N-ethyl adjacent to an activating group) is 1. The van der Waals surface area contributed by atoms with Crippen LogP contribution in [0, 0.1) is 0 Å². The van der Waals surface area contributed by atoms with E-state index in [0.717, 1.165) is 5.69 Å². The Kier molecular flexibility index (Phi) is 3.11. The Morgan fingerprint density at radius 3 is 2.71 bits per heavy atom. The molecule has 0 bridgehead atoms. The molecule has 1 amide bonds. The molecule has 1 aromatic heterocycles. The highest BCUT2D eigenvalue weighted by molar-refractivity contribution is 5.83. The number of carbonyl (C=O) groups excluding carboxylic acids is 1. The maximum Gasteiger partial charge on any atom is 0.244 e. The number of anilines is 1. The zero-order chi connectivity index (χ0) is 10.7. The van der Waals surface area contributed by atoms with Gasteiger partial charge in [-0.15, -0.1) is 0 Å². The van der Waals surface area contributed by atoms with Gasteiger partial charge in [-0.3, -0.25) is 9.48 Å². The van der Waals surface area contributed by atoms with E-state index >= 15 is 0 Å². The third-order valence-corrected chi connectivity index (χ3v) is 1.90. The second kappa shape index (κ2) is 4.13. The lowest BCUT2D eigenvalue weighted by atomic mass is 10.3. The molecule has 1 heterocycles. The summed E-state index contributed by atoms with van der Waals surface area (Å²) in [4.78, 5) is 13.1. The highest BCUT2D eigenvalue weighted by Gasteiger charge is 2.14. The molecule has 0 saturated heterocycles. The van der Waals surface area contributed by atoms with E-state index in [-0.39, 0.29) is 11.9 Å². The minimum atomic E-state index is -0.228. The molecule has 1 aromatic rings. The van der Waals surface area contributed by atoms with E-state index in [4.69, 9.17) is 0 Å². The Hall–Kier alpha value is -1.52. The predicted octanol–water partition coefficient (Wildman–Crippen LogP) is 0.309. The third kappa shape index (κ3) is 2.48. The summed E-state index contributed by atoms with van der Waals surface area (Å²) in [5.41, 5.74) is 0.857. The Morgan fingerprint density at radius 2 is 2.29 bits per heavy atom. The van der Waals surface area contributed by atoms with Crippen LogP contribution in [0.2, 0.25) is 0 Å². The van der Waals surface area contributed by atoms with Gasteiger partial charge in [0.05, 0.1) is 11.9 Å². The van der Waals surface area contributed by atoms with E-state index < -0.39 is 0 Å². The highest BCUT2D eigenvalue weighted by atomic mass is 16.2. The second-order valence-electron chi connectivity index (χ2n) is 3.50. The Bertz CT molecular complexity index is 318. The van der Waals surface area contributed by atoms with Crippen LogP contribution in [0.15, 0.2) is 12.4 Å². The number of aryl methyl sites for hydroxylation is 1. The van der Waals surface area contributed by atoms with Crippen LogP contribution in [0.25, 0.3) is 0 Å². The van der Waals surface area contributed by atoms with Crippen molar-refractivity contribution < 1.29 is 4.79 Å². The average molecular weight is 196 g/mol. The van der Waals surface area contributed by atoms with Crippen molar-refractivity contribution in [3.63, 3.8) is 0 Å². The van der Waals surface area contributed by atoms with Crippen molar-refractivity contribution in [2.45, 2.75) is 13.0 Å². The van der Waals surface area contributed by atoms with Crippen molar-refractivity contribution in [3.05, 3.63) is 12.4 Å². The van der Waals surface area contributed by atoms with Crippen LogP contribution in [-0.2, 0) is 11.8 Å². The number of hydrogen-bond donors (Lipinski definition) is 1. The van der Waals surface area contributed by atoms with Crippen LogP contribution >= 0.6 is 0 Å². The van der Waals surface area contributed by atoms with Crippen LogP contribution in [-0.4, -0.2) is 40.7 Å². The van der Waals surface area contributed by atoms with Gasteiger partial charge < -0.3 is 10.2 Å². The van der Waals surface area contributed by atoms with Crippen molar-refractivity contribution in [3.8, 4) is 0 Å². The maximum atomic E-state index is 11.5. The number of nitrogens with zero attached hydrogens (tertiary/aromatic N) is 3. The van der Waals surface area contributed by atoms with Gasteiger partial charge in [-0.05, 0) is 6.92 Å². The fourth-order valence-corrected chi connectivity index (χ4v) is 1.19. The van der Waals surface area contributed by atoms with Crippen LogP contribution < -0.4 is 5.32 Å². The van der Waals surface area contributed by atoms with Gasteiger partial charge in [-0.1, -0.05) is 0 Å². The number of nitrogens with one attached hydrogen (secondary N) is 1. The SMILES string of the molecule is CC(Nc1cnn(C)c1)C(=O)N(C)C. The average Bonchev–Trinajstić information content (AvgIpc) is 2.49. The molecule has 0 spiro atoms. The molecular formula is C9H16N4O. The van der Waals surface area contributed by atoms with E-state index in [0.29, 0.717) is 0 Å². The molecule has 0 fully saturated rings. The zero-order valence-electron chi connectivity index (χ0n) is 8.98. The summed E-state index contributed by atoms with van der Waals surface area (Å²) in [7, 11) is 5.32. The minimum absolute atomic E-state index is 0.0499. The quantitative estimate of drug-likeness (QED) is 0.757. The van der Waals surface area contributed by atoms with Crippen LogP contribution in [0.1, 0.15) is 6.92 Å². The molecular weight excluding hydrogens is 180 g/mol. The summed E-state index contributed by atoms with van der Waals surface area (Å²) >= 11 is 0. The Morgan fingerprint density at radius 1 is 1.64 bits per heavy atom. The van der Waals surface area contributed by atoms with Crippen molar-refractivity contribution in [2.24, 2.45) is 7.05 Å². The van der Waals surface area contributed by atoms with Crippen molar-refractivity contribution in [1.82, 2.24) is 14.7 Å². The molecule has 1 N–H and O–H groups in total. The molecule has 0 aromatic carbocycles. The van der Waals surface area contributed by atoms with Crippen molar-refractivity contribution >= 4 is 11.6 Å². The maximum absolute atomic E-state index is 11.5. The normalized spacial score (nSPS) is 12.3. The Labute approximate surface area is 83.7 Å². The summed E-state index contributed by atoms with van der Waals surface area (Å²) in [6.07, 6.45) is 3.53. The molecule has 1 atom stereocenters. The van der Waals surface area contributed by atoms with E-state index in [2.05, 4.69) is 10.4 Å². The van der Waals surface area contributed by atoms with E-state index in [9.17, 15) is 4.79 Å². The molecule has 0 radical (unpaired) electrons. The van der Waals surface area contributed by atoms with Crippen LogP contribution in [0.5, 0.6) is 0 Å². The number of aromatic nitrogens is 2. The number of amides is 1. The van der Waals surface area contributed by atoms with Gasteiger partial charge in [0.25, 0.3) is 0 Å². The molecule has 5 heteroatoms. The smallest absolute Gasteiger partial charge is 0.244 e. The minimum Gasteiger partial charge on any atom is -0.371 e. The molecule has 0 aliphatic heterocycles. The van der Waals surface area contributed by atoms with Gasteiger partial charge in [-0.25, -0.2) is 0 Å². The summed E-state index contributed by atoms with van der Waals surface area (Å²) in [6, 6.07) is -0.228. The monoisotopic (exact) mass is 196 g/mol. The van der Waals surface area contributed by atoms with E-state index in [1.54, 1.807) is 29.9 Å². The van der Waals surface area contributed by atoms with Gasteiger partial charge in [0.2, 0.25) is 5.91 Å². The van der Waals surface area contributed by atoms with Gasteiger partial charge in [0.15, 0.2) is 0 Å². The zero-order valence-corrected chi connectivity index (χ0v) is 8.98. The fourth-order valence-electron chi connectivity index (χ4n) is 1.19. The molecule has 5 nitrogen and oxygen atoms in total. The lowest BCUT2D eigenvalue weighted by Crippen LogP contribution is -2.36. The highest BCUT2D eigenvalue weighted by Crippen LogP contribution is 2.06. The van der Waals surface area contributed by atoms with Crippen LogP contribution in [0.4, 0.5) is 5.69 Å². The number of hydrogen-bond acceptors (Lipinski definition) is 3. The molecule has 1 rings (SSSR count). The van der Waals surface area contributed by atoms with Gasteiger partial charge in [0.1, 0.15) is 6.04 Å². The third-order valence-electron chi connectivity index (χ3n) is 1.90. The summed E-state index contributed by atoms with van der Waals surface area (Å²) < 4.78 is 1.69. The summed E-state index contributed by atoms with van der Waals surface area (Å²) in [5, 5.41) is 7.07. The summed E-state index contributed by atoms with van der Waals surface area (Å²) in [6.45, 7) is 1.83.